The first kappa shape index (κ1) is 19.6. The monoisotopic (exact) mass is 414 g/mol. The number of anilines is 1. The second-order valence-corrected chi connectivity index (χ2v) is 8.54. The zero-order valence-electron chi connectivity index (χ0n) is 17.7. The molecule has 2 aromatic carbocycles. The molecule has 0 aliphatic heterocycles. The Hall–Kier alpha value is -3.38. The number of para-hydroxylation sites is 1. The average Bonchev–Trinajstić information content (AvgIpc) is 3.13. The van der Waals surface area contributed by atoms with Crippen LogP contribution < -0.4 is 10.5 Å². The van der Waals surface area contributed by atoms with Gasteiger partial charge in [-0.3, -0.25) is 4.40 Å². The third-order valence-electron chi connectivity index (χ3n) is 6.04. The van der Waals surface area contributed by atoms with Gasteiger partial charge in [-0.15, -0.1) is 0 Å². The van der Waals surface area contributed by atoms with Crippen LogP contribution in [-0.2, 0) is 6.42 Å². The summed E-state index contributed by atoms with van der Waals surface area (Å²) in [5.74, 6) is 3.17. The Balaban J connectivity index is 1.59. The summed E-state index contributed by atoms with van der Waals surface area (Å²) >= 11 is 0. The molecule has 0 atom stereocenters. The molecule has 1 aliphatic rings. The van der Waals surface area contributed by atoms with Crippen molar-refractivity contribution in [2.24, 2.45) is 0 Å². The molecule has 0 amide bonds. The third kappa shape index (κ3) is 3.53. The lowest BCUT2D eigenvalue weighted by molar-refractivity contribution is -0.0335. The van der Waals surface area contributed by atoms with Crippen LogP contribution in [0.25, 0.3) is 16.8 Å². The van der Waals surface area contributed by atoms with Gasteiger partial charge < -0.3 is 15.6 Å². The molecular weight excluding hydrogens is 388 g/mol. The van der Waals surface area contributed by atoms with Gasteiger partial charge in [0.15, 0.2) is 0 Å². The molecule has 6 nitrogen and oxygen atoms in total. The normalized spacial score (nSPS) is 20.5. The molecule has 2 aromatic heterocycles. The lowest BCUT2D eigenvalue weighted by Crippen LogP contribution is -2.40. The Morgan fingerprint density at radius 3 is 2.65 bits per heavy atom. The highest BCUT2D eigenvalue weighted by Crippen LogP contribution is 2.45. The zero-order chi connectivity index (χ0) is 21.6. The van der Waals surface area contributed by atoms with Gasteiger partial charge >= 0.3 is 0 Å². The summed E-state index contributed by atoms with van der Waals surface area (Å²) in [5.41, 5.74) is 9.47. The minimum Gasteiger partial charge on any atom is -0.457 e. The number of nitrogen functional groups attached to an aromatic ring is 1. The van der Waals surface area contributed by atoms with Crippen molar-refractivity contribution in [2.75, 3.05) is 5.73 Å². The standard InChI is InChI=1S/C25H26N4O2/c1-3-16-13-19(31-18-7-5-4-6-8-18)9-10-20(16)21-22-23(26)27-11-12-29(22)24(28-21)17-14-25(2,30)15-17/h4-13,17,30H,3,14-15H2,1-2H3,(H2,26,27)/t17-,25+. The molecule has 31 heavy (non-hydrogen) atoms. The number of nitrogens with two attached hydrogens (primary N) is 1. The van der Waals surface area contributed by atoms with Gasteiger partial charge in [-0.1, -0.05) is 25.1 Å². The number of ether oxygens (including phenoxy) is 1. The fourth-order valence-electron chi connectivity index (χ4n) is 4.53. The summed E-state index contributed by atoms with van der Waals surface area (Å²) in [7, 11) is 0. The van der Waals surface area contributed by atoms with E-state index in [0.29, 0.717) is 18.7 Å². The number of fused-ring (bicyclic) bond motifs is 1. The minimum atomic E-state index is -0.625. The highest BCUT2D eigenvalue weighted by Gasteiger charge is 2.41. The van der Waals surface area contributed by atoms with Crippen LogP contribution in [0.1, 0.15) is 44.0 Å². The Kier molecular flexibility index (Phi) is 4.67. The van der Waals surface area contributed by atoms with Crippen LogP contribution in [-0.4, -0.2) is 25.1 Å². The smallest absolute Gasteiger partial charge is 0.150 e. The van der Waals surface area contributed by atoms with E-state index in [9.17, 15) is 5.11 Å². The summed E-state index contributed by atoms with van der Waals surface area (Å²) in [5, 5.41) is 10.2. The number of benzene rings is 2. The van der Waals surface area contributed by atoms with Gasteiger partial charge in [0, 0.05) is 23.9 Å². The lowest BCUT2D eigenvalue weighted by Gasteiger charge is -2.40. The number of aromatic nitrogens is 3. The maximum Gasteiger partial charge on any atom is 0.150 e. The first-order chi connectivity index (χ1) is 14.9. The van der Waals surface area contributed by atoms with Gasteiger partial charge in [0.2, 0.25) is 0 Å². The average molecular weight is 415 g/mol. The SMILES string of the molecule is CCc1cc(Oc2ccccc2)ccc1-c1nc([C@H]2C[C@@](C)(O)C2)n2ccnc(N)c12. The number of imidazole rings is 1. The van der Waals surface area contributed by atoms with Crippen molar-refractivity contribution < 1.29 is 9.84 Å². The molecule has 158 valence electrons. The molecule has 1 aliphatic carbocycles. The zero-order valence-corrected chi connectivity index (χ0v) is 17.7. The number of nitrogens with zero attached hydrogens (tertiary/aromatic N) is 3. The molecule has 0 saturated heterocycles. The predicted octanol–water partition coefficient (Wildman–Crippen LogP) is 4.96. The quantitative estimate of drug-likeness (QED) is 0.482. The first-order valence-corrected chi connectivity index (χ1v) is 10.7. The minimum absolute atomic E-state index is 0.198. The predicted molar refractivity (Wildman–Crippen MR) is 121 cm³/mol. The molecule has 0 bridgehead atoms. The van der Waals surface area contributed by atoms with Gasteiger partial charge in [-0.2, -0.15) is 0 Å². The Morgan fingerprint density at radius 2 is 1.94 bits per heavy atom. The van der Waals surface area contributed by atoms with Crippen molar-refractivity contribution in [1.82, 2.24) is 14.4 Å². The van der Waals surface area contributed by atoms with Gasteiger partial charge in [0.25, 0.3) is 0 Å². The molecule has 0 unspecified atom stereocenters. The van der Waals surface area contributed by atoms with Crippen LogP contribution in [0.2, 0.25) is 0 Å². The van der Waals surface area contributed by atoms with E-state index < -0.39 is 5.60 Å². The summed E-state index contributed by atoms with van der Waals surface area (Å²) < 4.78 is 8.06. The molecule has 1 fully saturated rings. The topological polar surface area (TPSA) is 85.7 Å². The Bertz CT molecular complexity index is 1240. The molecule has 6 heteroatoms. The van der Waals surface area contributed by atoms with Crippen molar-refractivity contribution in [3.05, 3.63) is 72.3 Å². The molecule has 0 spiro atoms. The van der Waals surface area contributed by atoms with Crippen LogP contribution in [0.3, 0.4) is 0 Å². The van der Waals surface area contributed by atoms with Crippen LogP contribution in [0.4, 0.5) is 5.82 Å². The third-order valence-corrected chi connectivity index (χ3v) is 6.04. The molecule has 2 heterocycles. The van der Waals surface area contributed by atoms with Gasteiger partial charge in [-0.25, -0.2) is 9.97 Å². The van der Waals surface area contributed by atoms with E-state index in [2.05, 4.69) is 18.0 Å². The molecular formula is C25H26N4O2. The largest absolute Gasteiger partial charge is 0.457 e. The Labute approximate surface area is 181 Å². The van der Waals surface area contributed by atoms with Crippen molar-refractivity contribution in [3.63, 3.8) is 0 Å². The van der Waals surface area contributed by atoms with E-state index in [4.69, 9.17) is 15.5 Å². The van der Waals surface area contributed by atoms with E-state index in [1.807, 2.05) is 60.0 Å². The van der Waals surface area contributed by atoms with E-state index in [1.165, 1.54) is 0 Å². The summed E-state index contributed by atoms with van der Waals surface area (Å²) in [4.78, 5) is 9.33. The molecule has 0 radical (unpaired) electrons. The molecule has 5 rings (SSSR count). The number of aliphatic hydroxyl groups is 1. The van der Waals surface area contributed by atoms with Gasteiger partial charge in [-0.05, 0) is 62.1 Å². The second kappa shape index (κ2) is 7.39. The highest BCUT2D eigenvalue weighted by molar-refractivity contribution is 5.87. The highest BCUT2D eigenvalue weighted by atomic mass is 16.5. The van der Waals surface area contributed by atoms with Crippen LogP contribution in [0.5, 0.6) is 11.5 Å². The van der Waals surface area contributed by atoms with Gasteiger partial charge in [0.05, 0.1) is 5.60 Å². The molecule has 4 aromatic rings. The van der Waals surface area contributed by atoms with E-state index in [1.54, 1.807) is 6.20 Å². The van der Waals surface area contributed by atoms with Gasteiger partial charge in [0.1, 0.15) is 34.4 Å². The summed E-state index contributed by atoms with van der Waals surface area (Å²) in [6.07, 6.45) is 5.82. The maximum absolute atomic E-state index is 10.2. The van der Waals surface area contributed by atoms with E-state index in [0.717, 1.165) is 46.1 Å². The Morgan fingerprint density at radius 1 is 1.16 bits per heavy atom. The second-order valence-electron chi connectivity index (χ2n) is 8.54. The maximum atomic E-state index is 10.2. The number of aryl methyl sites for hydroxylation is 1. The van der Waals surface area contributed by atoms with Crippen molar-refractivity contribution >= 4 is 11.3 Å². The lowest BCUT2D eigenvalue weighted by atomic mass is 9.72. The van der Waals surface area contributed by atoms with Crippen molar-refractivity contribution in [3.8, 4) is 22.8 Å². The molecule has 1 saturated carbocycles. The summed E-state index contributed by atoms with van der Waals surface area (Å²) in [6.45, 7) is 3.99. The first-order valence-electron chi connectivity index (χ1n) is 10.7. The van der Waals surface area contributed by atoms with Crippen LogP contribution >= 0.6 is 0 Å². The fraction of sp³-hybridized carbons (Fsp3) is 0.280. The van der Waals surface area contributed by atoms with E-state index in [-0.39, 0.29) is 5.92 Å². The van der Waals surface area contributed by atoms with E-state index >= 15 is 0 Å². The van der Waals surface area contributed by atoms with Crippen molar-refractivity contribution in [2.45, 2.75) is 44.6 Å². The molecule has 3 N–H and O–H groups in total. The van der Waals surface area contributed by atoms with Crippen LogP contribution in [0, 0.1) is 0 Å². The summed E-state index contributed by atoms with van der Waals surface area (Å²) in [6, 6.07) is 15.8. The fourth-order valence-corrected chi connectivity index (χ4v) is 4.53. The number of rotatable bonds is 5. The van der Waals surface area contributed by atoms with Crippen LogP contribution in [0.15, 0.2) is 60.9 Å². The van der Waals surface area contributed by atoms with Crippen molar-refractivity contribution in [1.29, 1.82) is 0 Å². The number of hydrogen-bond acceptors (Lipinski definition) is 5. The number of hydrogen-bond donors (Lipinski definition) is 2.